The Morgan fingerprint density at radius 2 is 2.03 bits per heavy atom. The number of aromatic nitrogens is 1. The van der Waals surface area contributed by atoms with Crippen molar-refractivity contribution in [3.63, 3.8) is 0 Å². The Hall–Kier alpha value is -2.13. The molecule has 9 heteroatoms. The second-order valence-corrected chi connectivity index (χ2v) is 8.35. The van der Waals surface area contributed by atoms with Crippen LogP contribution in [0.3, 0.4) is 0 Å². The van der Waals surface area contributed by atoms with Crippen LogP contribution in [0, 0.1) is 6.92 Å². The van der Waals surface area contributed by atoms with E-state index in [0.717, 1.165) is 38.9 Å². The van der Waals surface area contributed by atoms with E-state index in [1.807, 2.05) is 4.90 Å². The van der Waals surface area contributed by atoms with E-state index in [9.17, 15) is 18.0 Å². The topological polar surface area (TPSA) is 45.7 Å². The third-order valence-corrected chi connectivity index (χ3v) is 6.20. The summed E-state index contributed by atoms with van der Waals surface area (Å²) in [6.45, 7) is 8.19. The number of carbonyl (C=O) groups is 1. The first-order valence-electron chi connectivity index (χ1n) is 10.1. The van der Waals surface area contributed by atoms with Crippen LogP contribution in [-0.2, 0) is 0 Å². The molecule has 0 N–H and O–H groups in total. The third kappa shape index (κ3) is 5.95. The summed E-state index contributed by atoms with van der Waals surface area (Å²) in [6, 6.07) is 5.67. The normalized spacial score (nSPS) is 15.8. The van der Waals surface area contributed by atoms with Crippen LogP contribution in [0.5, 0.6) is 5.75 Å². The van der Waals surface area contributed by atoms with Gasteiger partial charge in [0.2, 0.25) is 0 Å². The molecule has 1 fully saturated rings. The molecule has 1 aromatic heterocycles. The summed E-state index contributed by atoms with van der Waals surface area (Å²) in [5, 5.41) is 0.503. The van der Waals surface area contributed by atoms with Gasteiger partial charge in [-0.05, 0) is 45.0 Å². The molecule has 1 amide bonds. The number of unbranched alkanes of at least 4 members (excludes halogenated alkanes) is 1. The van der Waals surface area contributed by atoms with E-state index >= 15 is 0 Å². The minimum Gasteiger partial charge on any atom is -0.406 e. The minimum absolute atomic E-state index is 0.0590. The van der Waals surface area contributed by atoms with E-state index in [-0.39, 0.29) is 11.7 Å². The van der Waals surface area contributed by atoms with E-state index in [0.29, 0.717) is 34.2 Å². The molecule has 0 atom stereocenters. The molecule has 2 aromatic rings. The number of ether oxygens (including phenoxy) is 1. The molecular weight excluding hydrogens is 415 g/mol. The van der Waals surface area contributed by atoms with Gasteiger partial charge in [0.1, 0.15) is 15.6 Å². The zero-order valence-electron chi connectivity index (χ0n) is 17.2. The fraction of sp³-hybridized carbons (Fsp3) is 0.524. The van der Waals surface area contributed by atoms with Gasteiger partial charge in [-0.1, -0.05) is 25.5 Å². The molecule has 5 nitrogen and oxygen atoms in total. The Morgan fingerprint density at radius 3 is 2.77 bits per heavy atom. The van der Waals surface area contributed by atoms with Crippen molar-refractivity contribution in [2.24, 2.45) is 0 Å². The molecule has 30 heavy (non-hydrogen) atoms. The lowest BCUT2D eigenvalue weighted by molar-refractivity contribution is -0.274. The summed E-state index contributed by atoms with van der Waals surface area (Å²) in [5.74, 6) is -0.364. The average molecular weight is 442 g/mol. The van der Waals surface area contributed by atoms with Crippen LogP contribution in [-0.4, -0.2) is 59.8 Å². The summed E-state index contributed by atoms with van der Waals surface area (Å²) >= 11 is 1.21. The quantitative estimate of drug-likeness (QED) is 0.635. The van der Waals surface area contributed by atoms with Crippen LogP contribution < -0.4 is 4.74 Å². The molecule has 0 radical (unpaired) electrons. The monoisotopic (exact) mass is 441 g/mol. The maximum absolute atomic E-state index is 13.1. The highest BCUT2D eigenvalue weighted by Gasteiger charge is 2.31. The maximum Gasteiger partial charge on any atom is 0.573 e. The fourth-order valence-corrected chi connectivity index (χ4v) is 4.50. The predicted molar refractivity (Wildman–Crippen MR) is 111 cm³/mol. The van der Waals surface area contributed by atoms with Gasteiger partial charge in [-0.25, -0.2) is 4.98 Å². The van der Waals surface area contributed by atoms with Gasteiger partial charge >= 0.3 is 6.36 Å². The minimum atomic E-state index is -4.75. The lowest BCUT2D eigenvalue weighted by Gasteiger charge is -2.21. The fourth-order valence-electron chi connectivity index (χ4n) is 3.47. The largest absolute Gasteiger partial charge is 0.573 e. The van der Waals surface area contributed by atoms with Crippen molar-refractivity contribution in [1.29, 1.82) is 0 Å². The van der Waals surface area contributed by atoms with Crippen molar-refractivity contribution in [3.05, 3.63) is 34.8 Å². The second kappa shape index (κ2) is 9.78. The van der Waals surface area contributed by atoms with Gasteiger partial charge in [-0.3, -0.25) is 4.79 Å². The maximum atomic E-state index is 13.1. The Balaban J connectivity index is 1.73. The number of aryl methyl sites for hydroxylation is 1. The molecular formula is C21H26F3N3O2S. The number of amides is 1. The summed E-state index contributed by atoms with van der Waals surface area (Å²) < 4.78 is 41.5. The first-order chi connectivity index (χ1) is 14.3. The van der Waals surface area contributed by atoms with Crippen LogP contribution in [0.15, 0.2) is 24.3 Å². The highest BCUT2D eigenvalue weighted by Crippen LogP contribution is 2.32. The van der Waals surface area contributed by atoms with Gasteiger partial charge in [0.15, 0.2) is 0 Å². The molecule has 2 heterocycles. The van der Waals surface area contributed by atoms with Crippen molar-refractivity contribution >= 4 is 17.2 Å². The summed E-state index contributed by atoms with van der Waals surface area (Å²) in [7, 11) is 0. The molecule has 0 aliphatic carbocycles. The molecule has 1 aromatic carbocycles. The molecule has 0 unspecified atom stereocenters. The smallest absolute Gasteiger partial charge is 0.406 e. The Morgan fingerprint density at radius 1 is 1.23 bits per heavy atom. The summed E-state index contributed by atoms with van der Waals surface area (Å²) in [6.07, 6.45) is -1.52. The number of benzene rings is 1. The van der Waals surface area contributed by atoms with E-state index in [2.05, 4.69) is 21.5 Å². The molecule has 0 spiro atoms. The SMILES string of the molecule is CCCCN1CCCN(C(=O)c2sc(-c3cccc(OC(F)(F)F)c3)nc2C)CC1. The molecule has 164 valence electrons. The van der Waals surface area contributed by atoms with E-state index in [4.69, 9.17) is 0 Å². The highest BCUT2D eigenvalue weighted by atomic mass is 32.1. The number of thiazole rings is 1. The highest BCUT2D eigenvalue weighted by molar-refractivity contribution is 7.17. The van der Waals surface area contributed by atoms with Crippen molar-refractivity contribution in [2.45, 2.75) is 39.5 Å². The number of alkyl halides is 3. The van der Waals surface area contributed by atoms with Crippen LogP contribution in [0.4, 0.5) is 13.2 Å². The van der Waals surface area contributed by atoms with Gasteiger partial charge < -0.3 is 14.5 Å². The number of halogens is 3. The van der Waals surface area contributed by atoms with Gasteiger partial charge in [0.25, 0.3) is 5.91 Å². The van der Waals surface area contributed by atoms with Crippen LogP contribution in [0.25, 0.3) is 10.6 Å². The van der Waals surface area contributed by atoms with Crippen LogP contribution in [0.1, 0.15) is 41.6 Å². The lowest BCUT2D eigenvalue weighted by Crippen LogP contribution is -2.35. The number of carbonyl (C=O) groups excluding carboxylic acids is 1. The van der Waals surface area contributed by atoms with Gasteiger partial charge in [-0.15, -0.1) is 24.5 Å². The van der Waals surface area contributed by atoms with Gasteiger partial charge in [-0.2, -0.15) is 0 Å². The summed E-state index contributed by atoms with van der Waals surface area (Å²) in [4.78, 5) is 22.3. The van der Waals surface area contributed by atoms with E-state index in [1.54, 1.807) is 13.0 Å². The van der Waals surface area contributed by atoms with Crippen molar-refractivity contribution < 1.29 is 22.7 Å². The summed E-state index contributed by atoms with van der Waals surface area (Å²) in [5.41, 5.74) is 1.08. The van der Waals surface area contributed by atoms with Gasteiger partial charge in [0, 0.05) is 25.2 Å². The first-order valence-corrected chi connectivity index (χ1v) is 10.9. The number of nitrogens with zero attached hydrogens (tertiary/aromatic N) is 3. The predicted octanol–water partition coefficient (Wildman–Crippen LogP) is 4.97. The van der Waals surface area contributed by atoms with Crippen LogP contribution in [0.2, 0.25) is 0 Å². The number of rotatable bonds is 6. The standard InChI is InChI=1S/C21H26F3N3O2S/c1-3-4-9-26-10-6-11-27(13-12-26)20(28)18-15(2)25-19(30-18)16-7-5-8-17(14-16)29-21(22,23)24/h5,7-8,14H,3-4,6,9-13H2,1-2H3. The van der Waals surface area contributed by atoms with Crippen molar-refractivity contribution in [3.8, 4) is 16.3 Å². The van der Waals surface area contributed by atoms with E-state index < -0.39 is 6.36 Å². The molecule has 1 aliphatic rings. The number of hydrogen-bond donors (Lipinski definition) is 0. The molecule has 1 aliphatic heterocycles. The Bertz CT molecular complexity index is 869. The van der Waals surface area contributed by atoms with Crippen molar-refractivity contribution in [2.75, 3.05) is 32.7 Å². The van der Waals surface area contributed by atoms with Crippen molar-refractivity contribution in [1.82, 2.24) is 14.8 Å². The molecule has 1 saturated heterocycles. The van der Waals surface area contributed by atoms with E-state index in [1.165, 1.54) is 29.5 Å². The second-order valence-electron chi connectivity index (χ2n) is 7.35. The lowest BCUT2D eigenvalue weighted by atomic mass is 10.2. The zero-order chi connectivity index (χ0) is 21.7. The third-order valence-electron chi connectivity index (χ3n) is 5.01. The zero-order valence-corrected chi connectivity index (χ0v) is 18.0. The van der Waals surface area contributed by atoms with Gasteiger partial charge in [0.05, 0.1) is 5.69 Å². The Labute approximate surface area is 178 Å². The van der Waals surface area contributed by atoms with Crippen LogP contribution >= 0.6 is 11.3 Å². The molecule has 0 bridgehead atoms. The average Bonchev–Trinajstić information content (AvgIpc) is 2.92. The first kappa shape index (κ1) is 22.6. The molecule has 0 saturated carbocycles. The molecule has 3 rings (SSSR count). The Kier molecular flexibility index (Phi) is 7.36. The number of hydrogen-bond acceptors (Lipinski definition) is 5.